The molecule has 6 heteroatoms. The summed E-state index contributed by atoms with van der Waals surface area (Å²) < 4.78 is 24.4. The predicted molar refractivity (Wildman–Crippen MR) is 61.0 cm³/mol. The highest BCUT2D eigenvalue weighted by molar-refractivity contribution is 5.70. The van der Waals surface area contributed by atoms with Gasteiger partial charge in [-0.05, 0) is 12.1 Å². The van der Waals surface area contributed by atoms with Crippen LogP contribution >= 0.6 is 0 Å². The molecule has 5 nitrogen and oxygen atoms in total. The van der Waals surface area contributed by atoms with E-state index in [-0.39, 0.29) is 12.4 Å². The van der Waals surface area contributed by atoms with Crippen LogP contribution in [0.5, 0.6) is 5.75 Å². The number of rotatable bonds is 4. The van der Waals surface area contributed by atoms with Gasteiger partial charge in [0.05, 0.1) is 19.5 Å². The molecule has 0 radical (unpaired) electrons. The van der Waals surface area contributed by atoms with Gasteiger partial charge in [-0.3, -0.25) is 0 Å². The quantitative estimate of drug-likeness (QED) is 0.773. The minimum Gasteiger partial charge on any atom is -0.479 e. The Morgan fingerprint density at radius 1 is 1.44 bits per heavy atom. The van der Waals surface area contributed by atoms with Crippen molar-refractivity contribution in [3.8, 4) is 11.4 Å². The Morgan fingerprint density at radius 2 is 2.22 bits per heavy atom. The number of nitrogens with zero attached hydrogens (tertiary/aromatic N) is 2. The zero-order valence-electron chi connectivity index (χ0n) is 9.67. The average Bonchev–Trinajstić information content (AvgIpc) is 2.85. The first kappa shape index (κ1) is 12.1. The number of carbonyl (C=O) groups excluding carboxylic acids is 1. The molecular formula is C12H11FN2O3. The van der Waals surface area contributed by atoms with Crippen LogP contribution < -0.4 is 4.74 Å². The van der Waals surface area contributed by atoms with Gasteiger partial charge in [0.2, 0.25) is 0 Å². The van der Waals surface area contributed by atoms with Crippen molar-refractivity contribution in [3.05, 3.63) is 42.5 Å². The minimum absolute atomic E-state index is 0.209. The molecule has 1 heterocycles. The summed E-state index contributed by atoms with van der Waals surface area (Å²) in [6, 6.07) is 6.23. The maximum absolute atomic E-state index is 13.5. The van der Waals surface area contributed by atoms with Gasteiger partial charge in [-0.25, -0.2) is 13.9 Å². The highest BCUT2D eigenvalue weighted by Gasteiger charge is 2.07. The summed E-state index contributed by atoms with van der Waals surface area (Å²) in [5, 5.41) is 3.95. The lowest BCUT2D eigenvalue weighted by Gasteiger charge is -2.02. The van der Waals surface area contributed by atoms with Gasteiger partial charge in [0.15, 0.2) is 12.4 Å². The van der Waals surface area contributed by atoms with Gasteiger partial charge in [-0.1, -0.05) is 12.1 Å². The van der Waals surface area contributed by atoms with Gasteiger partial charge >= 0.3 is 5.97 Å². The molecule has 0 N–H and O–H groups in total. The molecule has 0 unspecified atom stereocenters. The lowest BCUT2D eigenvalue weighted by atomic mass is 10.3. The monoisotopic (exact) mass is 250 g/mol. The Hall–Kier alpha value is -2.37. The van der Waals surface area contributed by atoms with Gasteiger partial charge in [-0.2, -0.15) is 5.10 Å². The molecule has 0 fully saturated rings. The molecule has 0 bridgehead atoms. The molecule has 0 aliphatic rings. The largest absolute Gasteiger partial charge is 0.479 e. The van der Waals surface area contributed by atoms with Crippen LogP contribution in [-0.2, 0) is 9.53 Å². The topological polar surface area (TPSA) is 53.4 Å². The third-order valence-corrected chi connectivity index (χ3v) is 2.24. The molecule has 0 spiro atoms. The number of hydrogen-bond donors (Lipinski definition) is 0. The molecule has 1 aromatic heterocycles. The molecule has 94 valence electrons. The summed E-state index contributed by atoms with van der Waals surface area (Å²) >= 11 is 0. The SMILES string of the molecule is COC(=O)COc1cnn(-c2ccccc2F)c1. The molecular weight excluding hydrogens is 239 g/mol. The molecule has 0 atom stereocenters. The Labute approximate surface area is 103 Å². The van der Waals surface area contributed by atoms with Gasteiger partial charge in [0.1, 0.15) is 11.5 Å². The summed E-state index contributed by atoms with van der Waals surface area (Å²) in [5.41, 5.74) is 0.311. The van der Waals surface area contributed by atoms with E-state index in [1.54, 1.807) is 18.2 Å². The van der Waals surface area contributed by atoms with Gasteiger partial charge in [0.25, 0.3) is 0 Å². The minimum atomic E-state index is -0.492. The van der Waals surface area contributed by atoms with E-state index in [0.29, 0.717) is 11.4 Å². The molecule has 2 rings (SSSR count). The Kier molecular flexibility index (Phi) is 3.57. The molecule has 2 aromatic rings. The summed E-state index contributed by atoms with van der Waals surface area (Å²) in [6.07, 6.45) is 2.89. The number of aromatic nitrogens is 2. The maximum Gasteiger partial charge on any atom is 0.343 e. The predicted octanol–water partition coefficient (Wildman–Crippen LogP) is 1.56. The standard InChI is InChI=1S/C12H11FN2O3/c1-17-12(16)8-18-9-6-14-15(7-9)11-5-3-2-4-10(11)13/h2-7H,8H2,1H3. The summed E-state index contributed by atoms with van der Waals surface area (Å²) in [5.74, 6) is -0.516. The first-order valence-electron chi connectivity index (χ1n) is 5.20. The summed E-state index contributed by atoms with van der Waals surface area (Å²) in [6.45, 7) is -0.209. The van der Waals surface area contributed by atoms with E-state index in [1.807, 2.05) is 0 Å². The van der Waals surface area contributed by atoms with Crippen LogP contribution in [0.2, 0.25) is 0 Å². The number of hydrogen-bond acceptors (Lipinski definition) is 4. The van der Waals surface area contributed by atoms with Gasteiger partial charge in [0, 0.05) is 0 Å². The fraction of sp³-hybridized carbons (Fsp3) is 0.167. The third kappa shape index (κ3) is 2.65. The van der Waals surface area contributed by atoms with E-state index >= 15 is 0 Å². The van der Waals surface area contributed by atoms with Crippen LogP contribution in [0.4, 0.5) is 4.39 Å². The summed E-state index contributed by atoms with van der Waals surface area (Å²) in [4.78, 5) is 10.9. The normalized spacial score (nSPS) is 10.1. The maximum atomic E-state index is 13.5. The Balaban J connectivity index is 2.11. The molecule has 0 amide bonds. The molecule has 1 aromatic carbocycles. The fourth-order valence-electron chi connectivity index (χ4n) is 1.35. The lowest BCUT2D eigenvalue weighted by molar-refractivity contribution is -0.142. The first-order chi connectivity index (χ1) is 8.70. The van der Waals surface area contributed by atoms with Crippen LogP contribution in [0.3, 0.4) is 0 Å². The third-order valence-electron chi connectivity index (χ3n) is 2.24. The summed E-state index contributed by atoms with van der Waals surface area (Å²) in [7, 11) is 1.27. The number of carbonyl (C=O) groups is 1. The van der Waals surface area contributed by atoms with Crippen LogP contribution in [-0.4, -0.2) is 29.5 Å². The number of methoxy groups -OCH3 is 1. The van der Waals surface area contributed by atoms with Crippen molar-refractivity contribution in [1.82, 2.24) is 9.78 Å². The number of halogens is 1. The number of esters is 1. The fourth-order valence-corrected chi connectivity index (χ4v) is 1.35. The second kappa shape index (κ2) is 5.31. The van der Waals surface area contributed by atoms with E-state index in [9.17, 15) is 9.18 Å². The number of ether oxygens (including phenoxy) is 2. The molecule has 0 aliphatic carbocycles. The highest BCUT2D eigenvalue weighted by Crippen LogP contribution is 2.16. The van der Waals surface area contributed by atoms with Crippen molar-refractivity contribution in [1.29, 1.82) is 0 Å². The van der Waals surface area contributed by atoms with Crippen LogP contribution in [0.15, 0.2) is 36.7 Å². The van der Waals surface area contributed by atoms with E-state index in [2.05, 4.69) is 9.84 Å². The van der Waals surface area contributed by atoms with Crippen LogP contribution in [0.1, 0.15) is 0 Å². The molecule has 0 saturated heterocycles. The number of benzene rings is 1. The number of para-hydroxylation sites is 1. The van der Waals surface area contributed by atoms with Crippen molar-refractivity contribution in [3.63, 3.8) is 0 Å². The highest BCUT2D eigenvalue weighted by atomic mass is 19.1. The second-order valence-electron chi connectivity index (χ2n) is 3.44. The van der Waals surface area contributed by atoms with Crippen molar-refractivity contribution < 1.29 is 18.7 Å². The average molecular weight is 250 g/mol. The van der Waals surface area contributed by atoms with Crippen molar-refractivity contribution in [2.75, 3.05) is 13.7 Å². The van der Waals surface area contributed by atoms with Crippen molar-refractivity contribution in [2.24, 2.45) is 0 Å². The van der Waals surface area contributed by atoms with E-state index < -0.39 is 5.97 Å². The zero-order valence-corrected chi connectivity index (χ0v) is 9.67. The van der Waals surface area contributed by atoms with Crippen molar-refractivity contribution in [2.45, 2.75) is 0 Å². The zero-order chi connectivity index (χ0) is 13.0. The smallest absolute Gasteiger partial charge is 0.343 e. The first-order valence-corrected chi connectivity index (χ1v) is 5.20. The van der Waals surface area contributed by atoms with Gasteiger partial charge in [-0.15, -0.1) is 0 Å². The molecule has 18 heavy (non-hydrogen) atoms. The Bertz CT molecular complexity index is 554. The van der Waals surface area contributed by atoms with Crippen molar-refractivity contribution >= 4 is 5.97 Å². The van der Waals surface area contributed by atoms with E-state index in [4.69, 9.17) is 4.74 Å². The van der Waals surface area contributed by atoms with E-state index in [1.165, 1.54) is 30.3 Å². The van der Waals surface area contributed by atoms with Crippen LogP contribution in [0.25, 0.3) is 5.69 Å². The van der Waals surface area contributed by atoms with Gasteiger partial charge < -0.3 is 9.47 Å². The van der Waals surface area contributed by atoms with E-state index in [0.717, 1.165) is 0 Å². The van der Waals surface area contributed by atoms with Crippen LogP contribution in [0, 0.1) is 5.82 Å². The molecule has 0 saturated carbocycles. The Morgan fingerprint density at radius 3 is 2.94 bits per heavy atom. The molecule has 0 aliphatic heterocycles. The second-order valence-corrected chi connectivity index (χ2v) is 3.44. The lowest BCUT2D eigenvalue weighted by Crippen LogP contribution is -2.12.